The second-order valence-electron chi connectivity index (χ2n) is 6.58. The summed E-state index contributed by atoms with van der Waals surface area (Å²) < 4.78 is 20.3. The zero-order valence-corrected chi connectivity index (χ0v) is 16.0. The molecule has 1 heterocycles. The number of amides is 1. The Labute approximate surface area is 166 Å². The lowest BCUT2D eigenvalue weighted by molar-refractivity contribution is -0.153. The highest BCUT2D eigenvalue weighted by molar-refractivity contribution is 5.95. The minimum absolute atomic E-state index is 0.0311. The molecule has 0 bridgehead atoms. The van der Waals surface area contributed by atoms with Gasteiger partial charge in [-0.2, -0.15) is 5.10 Å². The molecule has 29 heavy (non-hydrogen) atoms. The van der Waals surface area contributed by atoms with E-state index in [0.717, 1.165) is 0 Å². The van der Waals surface area contributed by atoms with Crippen molar-refractivity contribution in [2.75, 3.05) is 5.32 Å². The Morgan fingerprint density at radius 1 is 1.24 bits per heavy atom. The zero-order valence-electron chi connectivity index (χ0n) is 16.0. The van der Waals surface area contributed by atoms with Crippen molar-refractivity contribution in [2.45, 2.75) is 32.9 Å². The number of carbonyl (C=O) groups is 2. The number of aryl methyl sites for hydroxylation is 2. The summed E-state index contributed by atoms with van der Waals surface area (Å²) in [6.07, 6.45) is 0.117. The number of benzene rings is 2. The van der Waals surface area contributed by atoms with Crippen molar-refractivity contribution in [3.63, 3.8) is 0 Å². The standard InChI is InChI=1S/C21H20FN3O4/c1-13-7-8-15(11-17(13)22)24-21(28)14(2)29-20(27)9-10-25-18-6-4-3-5-16(18)19(26)12-23-25/h3-8,11-12,14H,9-10H2,1-2H3,(H,24,28)/t14-/m1/s1. The Hall–Kier alpha value is -3.55. The van der Waals surface area contributed by atoms with Crippen molar-refractivity contribution in [1.82, 2.24) is 9.78 Å². The van der Waals surface area contributed by atoms with Crippen LogP contribution < -0.4 is 10.7 Å². The summed E-state index contributed by atoms with van der Waals surface area (Å²) in [7, 11) is 0. The molecular formula is C21H20FN3O4. The fraction of sp³-hybridized carbons (Fsp3) is 0.238. The molecule has 0 aliphatic rings. The number of para-hydroxylation sites is 1. The van der Waals surface area contributed by atoms with Crippen molar-refractivity contribution in [1.29, 1.82) is 0 Å². The fourth-order valence-electron chi connectivity index (χ4n) is 2.76. The van der Waals surface area contributed by atoms with E-state index < -0.39 is 23.8 Å². The minimum Gasteiger partial charge on any atom is -0.452 e. The van der Waals surface area contributed by atoms with Gasteiger partial charge in [-0.1, -0.05) is 18.2 Å². The first-order chi connectivity index (χ1) is 13.8. The van der Waals surface area contributed by atoms with Crippen LogP contribution in [0.4, 0.5) is 10.1 Å². The SMILES string of the molecule is Cc1ccc(NC(=O)[C@@H](C)OC(=O)CCn2ncc(=O)c3ccccc32)cc1F. The Bertz CT molecular complexity index is 1130. The number of halogens is 1. The molecule has 3 aromatic rings. The van der Waals surface area contributed by atoms with Crippen LogP contribution in [-0.4, -0.2) is 27.8 Å². The first-order valence-electron chi connectivity index (χ1n) is 9.06. The summed E-state index contributed by atoms with van der Waals surface area (Å²) in [4.78, 5) is 36.1. The molecule has 0 saturated heterocycles. The Kier molecular flexibility index (Phi) is 6.01. The largest absolute Gasteiger partial charge is 0.452 e. The molecule has 1 amide bonds. The maximum Gasteiger partial charge on any atom is 0.308 e. The number of rotatable bonds is 6. The van der Waals surface area contributed by atoms with Crippen LogP contribution in [0.1, 0.15) is 18.9 Å². The molecule has 0 spiro atoms. The first kappa shape index (κ1) is 20.2. The summed E-state index contributed by atoms with van der Waals surface area (Å²) in [5.41, 5.74) is 1.16. The highest BCUT2D eigenvalue weighted by Gasteiger charge is 2.18. The minimum atomic E-state index is -1.05. The Balaban J connectivity index is 1.58. The molecule has 3 rings (SSSR count). The second-order valence-corrected chi connectivity index (χ2v) is 6.58. The van der Waals surface area contributed by atoms with Gasteiger partial charge in [0.1, 0.15) is 5.82 Å². The van der Waals surface area contributed by atoms with E-state index in [4.69, 9.17) is 4.74 Å². The molecule has 7 nitrogen and oxygen atoms in total. The monoisotopic (exact) mass is 397 g/mol. The van der Waals surface area contributed by atoms with Crippen LogP contribution in [0.2, 0.25) is 0 Å². The van der Waals surface area contributed by atoms with Gasteiger partial charge in [0.25, 0.3) is 5.91 Å². The van der Waals surface area contributed by atoms with Crippen LogP contribution in [-0.2, 0) is 20.9 Å². The van der Waals surface area contributed by atoms with E-state index >= 15 is 0 Å². The van der Waals surface area contributed by atoms with Crippen molar-refractivity contribution in [2.24, 2.45) is 0 Å². The molecule has 0 saturated carbocycles. The molecule has 0 aliphatic carbocycles. The average Bonchev–Trinajstić information content (AvgIpc) is 2.70. The molecule has 2 aromatic carbocycles. The van der Waals surface area contributed by atoms with Gasteiger partial charge < -0.3 is 10.1 Å². The molecule has 1 atom stereocenters. The number of hydrogen-bond donors (Lipinski definition) is 1. The van der Waals surface area contributed by atoms with Gasteiger partial charge in [0.2, 0.25) is 5.43 Å². The number of nitrogens with one attached hydrogen (secondary N) is 1. The summed E-state index contributed by atoms with van der Waals surface area (Å²) in [6, 6.07) is 11.3. The van der Waals surface area contributed by atoms with E-state index in [1.165, 1.54) is 23.9 Å². The van der Waals surface area contributed by atoms with Crippen LogP contribution in [0.5, 0.6) is 0 Å². The van der Waals surface area contributed by atoms with Gasteiger partial charge in [-0.3, -0.25) is 19.1 Å². The summed E-state index contributed by atoms with van der Waals surface area (Å²) in [6.45, 7) is 3.24. The normalized spacial score (nSPS) is 11.8. The van der Waals surface area contributed by atoms with Crippen molar-refractivity contribution < 1.29 is 18.7 Å². The van der Waals surface area contributed by atoms with E-state index in [-0.39, 0.29) is 24.1 Å². The molecule has 150 valence electrons. The van der Waals surface area contributed by atoms with E-state index in [1.54, 1.807) is 43.3 Å². The summed E-state index contributed by atoms with van der Waals surface area (Å²) >= 11 is 0. The number of ether oxygens (including phenoxy) is 1. The van der Waals surface area contributed by atoms with E-state index in [0.29, 0.717) is 16.5 Å². The van der Waals surface area contributed by atoms with Crippen molar-refractivity contribution in [3.8, 4) is 0 Å². The number of nitrogens with zero attached hydrogens (tertiary/aromatic N) is 2. The maximum absolute atomic E-state index is 13.6. The molecule has 1 aromatic heterocycles. The van der Waals surface area contributed by atoms with Gasteiger partial charge in [0.05, 0.1) is 24.7 Å². The van der Waals surface area contributed by atoms with Crippen LogP contribution in [0.25, 0.3) is 10.9 Å². The number of aromatic nitrogens is 2. The molecular weight excluding hydrogens is 377 g/mol. The predicted molar refractivity (Wildman–Crippen MR) is 106 cm³/mol. The Morgan fingerprint density at radius 3 is 2.76 bits per heavy atom. The van der Waals surface area contributed by atoms with Crippen LogP contribution >= 0.6 is 0 Å². The third-order valence-electron chi connectivity index (χ3n) is 4.41. The lowest BCUT2D eigenvalue weighted by Gasteiger charge is -2.14. The van der Waals surface area contributed by atoms with Crippen LogP contribution in [0.3, 0.4) is 0 Å². The van der Waals surface area contributed by atoms with Crippen molar-refractivity contribution >= 4 is 28.5 Å². The van der Waals surface area contributed by atoms with E-state index in [1.807, 2.05) is 0 Å². The van der Waals surface area contributed by atoms with Crippen LogP contribution in [0, 0.1) is 12.7 Å². The lowest BCUT2D eigenvalue weighted by atomic mass is 10.2. The highest BCUT2D eigenvalue weighted by Crippen LogP contribution is 2.14. The average molecular weight is 397 g/mol. The van der Waals surface area contributed by atoms with Crippen molar-refractivity contribution in [3.05, 3.63) is 70.3 Å². The Morgan fingerprint density at radius 2 is 2.00 bits per heavy atom. The summed E-state index contributed by atoms with van der Waals surface area (Å²) in [5.74, 6) is -1.59. The predicted octanol–water partition coefficient (Wildman–Crippen LogP) is 2.80. The topological polar surface area (TPSA) is 90.3 Å². The maximum atomic E-state index is 13.6. The van der Waals surface area contributed by atoms with Gasteiger partial charge >= 0.3 is 5.97 Å². The van der Waals surface area contributed by atoms with Gasteiger partial charge in [0.15, 0.2) is 6.10 Å². The molecule has 0 aliphatic heterocycles. The van der Waals surface area contributed by atoms with E-state index in [2.05, 4.69) is 10.4 Å². The van der Waals surface area contributed by atoms with Gasteiger partial charge in [-0.15, -0.1) is 0 Å². The third-order valence-corrected chi connectivity index (χ3v) is 4.41. The smallest absolute Gasteiger partial charge is 0.308 e. The van der Waals surface area contributed by atoms with E-state index in [9.17, 15) is 18.8 Å². The molecule has 0 unspecified atom stereocenters. The molecule has 0 radical (unpaired) electrons. The second kappa shape index (κ2) is 8.64. The number of anilines is 1. The highest BCUT2D eigenvalue weighted by atomic mass is 19.1. The number of hydrogen-bond acceptors (Lipinski definition) is 5. The summed E-state index contributed by atoms with van der Waals surface area (Å²) in [5, 5.41) is 7.06. The lowest BCUT2D eigenvalue weighted by Crippen LogP contribution is -2.30. The first-order valence-corrected chi connectivity index (χ1v) is 9.06. The fourth-order valence-corrected chi connectivity index (χ4v) is 2.76. The molecule has 1 N–H and O–H groups in total. The van der Waals surface area contributed by atoms with Gasteiger partial charge in [-0.05, 0) is 43.7 Å². The zero-order chi connectivity index (χ0) is 21.0. The number of esters is 1. The number of fused-ring (bicyclic) bond motifs is 1. The van der Waals surface area contributed by atoms with Gasteiger partial charge in [0, 0.05) is 11.1 Å². The number of carbonyl (C=O) groups excluding carboxylic acids is 2. The molecule has 0 fully saturated rings. The quantitative estimate of drug-likeness (QED) is 0.646. The van der Waals surface area contributed by atoms with Gasteiger partial charge in [-0.25, -0.2) is 4.39 Å². The third kappa shape index (κ3) is 4.84. The molecule has 8 heteroatoms. The van der Waals surface area contributed by atoms with Crippen LogP contribution in [0.15, 0.2) is 53.5 Å².